The molecular weight excluding hydrogens is 603 g/mol. The molecule has 0 aliphatic carbocycles. The maximum atomic E-state index is 13.5. The van der Waals surface area contributed by atoms with Gasteiger partial charge in [-0.05, 0) is 71.8 Å². The van der Waals surface area contributed by atoms with Crippen LogP contribution in [0.4, 0.5) is 5.69 Å². The van der Waals surface area contributed by atoms with Crippen LogP contribution < -0.4 is 10.3 Å². The molecule has 0 spiro atoms. The molecule has 6 aromatic rings. The number of nitro benzene ring substituents is 1. The van der Waals surface area contributed by atoms with E-state index in [-0.39, 0.29) is 33.9 Å². The minimum absolute atomic E-state index is 0.0212. The van der Waals surface area contributed by atoms with E-state index in [1.807, 2.05) is 0 Å². The fourth-order valence-electron chi connectivity index (χ4n) is 4.30. The SMILES string of the molecule is O=c1c2ccccc2nc(-c2cc3cc(Cl)ccc3o2)n1N=Cc1cc(Cl)c(OCc2ccc([N+](=O)[O-])cc2)c(Cl)c1. The molecule has 0 amide bonds. The van der Waals surface area contributed by atoms with Crippen molar-refractivity contribution in [3.8, 4) is 17.3 Å². The molecule has 0 aliphatic heterocycles. The molecular formula is C30H17Cl3N4O5. The van der Waals surface area contributed by atoms with Crippen LogP contribution in [0.2, 0.25) is 15.1 Å². The fraction of sp³-hybridized carbons (Fsp3) is 0.0333. The summed E-state index contributed by atoms with van der Waals surface area (Å²) in [5, 5.41) is 17.4. The van der Waals surface area contributed by atoms with Crippen molar-refractivity contribution in [3.05, 3.63) is 132 Å². The van der Waals surface area contributed by atoms with Gasteiger partial charge in [0, 0.05) is 22.5 Å². The van der Waals surface area contributed by atoms with E-state index in [1.54, 1.807) is 72.8 Å². The highest BCUT2D eigenvalue weighted by atomic mass is 35.5. The van der Waals surface area contributed by atoms with Crippen molar-refractivity contribution in [1.82, 2.24) is 9.66 Å². The van der Waals surface area contributed by atoms with Crippen molar-refractivity contribution in [2.24, 2.45) is 5.10 Å². The molecule has 0 N–H and O–H groups in total. The maximum absolute atomic E-state index is 13.5. The van der Waals surface area contributed by atoms with E-state index >= 15 is 0 Å². The van der Waals surface area contributed by atoms with E-state index in [4.69, 9.17) is 44.0 Å². The van der Waals surface area contributed by atoms with Crippen LogP contribution in [0.1, 0.15) is 11.1 Å². The monoisotopic (exact) mass is 618 g/mol. The number of fused-ring (bicyclic) bond motifs is 2. The van der Waals surface area contributed by atoms with Gasteiger partial charge in [-0.2, -0.15) is 9.78 Å². The molecule has 9 nitrogen and oxygen atoms in total. The zero-order valence-corrected chi connectivity index (χ0v) is 23.6. The number of benzene rings is 4. The van der Waals surface area contributed by atoms with Crippen LogP contribution >= 0.6 is 34.8 Å². The van der Waals surface area contributed by atoms with E-state index in [0.29, 0.717) is 38.4 Å². The van der Waals surface area contributed by atoms with Crippen molar-refractivity contribution in [3.63, 3.8) is 0 Å². The standard InChI is InChI=1S/C30H17Cl3N4O5/c31-20-7-10-26-19(13-20)14-27(42-26)29-35-25-4-2-1-3-22(25)30(38)36(29)34-15-18-11-23(32)28(24(33)12-18)41-16-17-5-8-21(9-6-17)37(39)40/h1-15H,16H2. The maximum Gasteiger partial charge on any atom is 0.282 e. The van der Waals surface area contributed by atoms with Crippen LogP contribution in [-0.2, 0) is 6.61 Å². The lowest BCUT2D eigenvalue weighted by Gasteiger charge is -2.11. The Bertz CT molecular complexity index is 2070. The van der Waals surface area contributed by atoms with Crippen molar-refractivity contribution in [2.45, 2.75) is 6.61 Å². The van der Waals surface area contributed by atoms with Crippen molar-refractivity contribution < 1.29 is 14.1 Å². The second-order valence-corrected chi connectivity index (χ2v) is 10.4. The van der Waals surface area contributed by atoms with Crippen LogP contribution in [0.3, 0.4) is 0 Å². The number of halogens is 3. The van der Waals surface area contributed by atoms with Gasteiger partial charge in [0.25, 0.3) is 11.2 Å². The van der Waals surface area contributed by atoms with Crippen LogP contribution in [0.5, 0.6) is 5.75 Å². The predicted molar refractivity (Wildman–Crippen MR) is 163 cm³/mol. The molecule has 2 heterocycles. The van der Waals surface area contributed by atoms with Gasteiger partial charge in [-0.3, -0.25) is 14.9 Å². The Morgan fingerprint density at radius 1 is 0.976 bits per heavy atom. The summed E-state index contributed by atoms with van der Waals surface area (Å²) >= 11 is 19.1. The number of furan rings is 1. The summed E-state index contributed by atoms with van der Waals surface area (Å²) in [6.45, 7) is 0.0924. The van der Waals surface area contributed by atoms with Gasteiger partial charge >= 0.3 is 0 Å². The normalized spacial score (nSPS) is 11.5. The first kappa shape index (κ1) is 27.5. The van der Waals surface area contributed by atoms with Gasteiger partial charge in [0.2, 0.25) is 5.82 Å². The molecule has 42 heavy (non-hydrogen) atoms. The van der Waals surface area contributed by atoms with E-state index < -0.39 is 10.5 Å². The number of hydrogen-bond donors (Lipinski definition) is 0. The average Bonchev–Trinajstić information content (AvgIpc) is 3.39. The Hall–Kier alpha value is -4.70. The largest absolute Gasteiger partial charge is 0.486 e. The van der Waals surface area contributed by atoms with Gasteiger partial charge in [0.15, 0.2) is 11.5 Å². The van der Waals surface area contributed by atoms with Crippen molar-refractivity contribution in [2.75, 3.05) is 0 Å². The Balaban J connectivity index is 1.34. The lowest BCUT2D eigenvalue weighted by atomic mass is 10.2. The minimum atomic E-state index is -0.476. The third-order valence-electron chi connectivity index (χ3n) is 6.33. The number of aromatic nitrogens is 2. The first-order valence-corrected chi connectivity index (χ1v) is 13.5. The molecule has 0 unspecified atom stereocenters. The van der Waals surface area contributed by atoms with E-state index in [9.17, 15) is 14.9 Å². The zero-order valence-electron chi connectivity index (χ0n) is 21.3. The summed E-state index contributed by atoms with van der Waals surface area (Å²) in [7, 11) is 0. The second-order valence-electron chi connectivity index (χ2n) is 9.13. The summed E-state index contributed by atoms with van der Waals surface area (Å²) < 4.78 is 12.9. The molecule has 0 aliphatic rings. The molecule has 0 radical (unpaired) electrons. The minimum Gasteiger partial charge on any atom is -0.486 e. The lowest BCUT2D eigenvalue weighted by Crippen LogP contribution is -2.20. The second kappa shape index (κ2) is 11.3. The first-order chi connectivity index (χ1) is 20.3. The first-order valence-electron chi connectivity index (χ1n) is 12.4. The fourth-order valence-corrected chi connectivity index (χ4v) is 5.09. The summed E-state index contributed by atoms with van der Waals surface area (Å²) in [6, 6.07) is 23.0. The molecule has 4 aromatic carbocycles. The summed E-state index contributed by atoms with van der Waals surface area (Å²) in [6.07, 6.45) is 1.43. The molecule has 0 saturated carbocycles. The molecule has 2 aromatic heterocycles. The number of nitrogens with zero attached hydrogens (tertiary/aromatic N) is 4. The highest BCUT2D eigenvalue weighted by molar-refractivity contribution is 6.37. The van der Waals surface area contributed by atoms with Crippen LogP contribution in [-0.4, -0.2) is 20.8 Å². The molecule has 0 fully saturated rings. The Morgan fingerprint density at radius 3 is 2.45 bits per heavy atom. The number of rotatable bonds is 7. The highest BCUT2D eigenvalue weighted by Crippen LogP contribution is 2.35. The predicted octanol–water partition coefficient (Wildman–Crippen LogP) is 8.14. The molecule has 0 bridgehead atoms. The van der Waals surface area contributed by atoms with Crippen LogP contribution in [0.15, 0.2) is 99.2 Å². The number of ether oxygens (including phenoxy) is 1. The van der Waals surface area contributed by atoms with Crippen molar-refractivity contribution in [1.29, 1.82) is 0 Å². The summed E-state index contributed by atoms with van der Waals surface area (Å²) in [4.78, 5) is 28.6. The van der Waals surface area contributed by atoms with Gasteiger partial charge in [-0.15, -0.1) is 0 Å². The topological polar surface area (TPSA) is 113 Å². The molecule has 208 valence electrons. The van der Waals surface area contributed by atoms with Gasteiger partial charge < -0.3 is 9.15 Å². The molecule has 6 rings (SSSR count). The van der Waals surface area contributed by atoms with Gasteiger partial charge in [0.05, 0.1) is 32.1 Å². The van der Waals surface area contributed by atoms with Crippen LogP contribution in [0, 0.1) is 10.1 Å². The smallest absolute Gasteiger partial charge is 0.282 e. The Kier molecular flexibility index (Phi) is 7.38. The average molecular weight is 620 g/mol. The zero-order chi connectivity index (χ0) is 29.4. The van der Waals surface area contributed by atoms with E-state index in [0.717, 1.165) is 10.1 Å². The highest BCUT2D eigenvalue weighted by Gasteiger charge is 2.17. The summed E-state index contributed by atoms with van der Waals surface area (Å²) in [5.74, 6) is 0.765. The van der Waals surface area contributed by atoms with Gasteiger partial charge in [-0.25, -0.2) is 4.98 Å². The number of non-ortho nitro benzene ring substituents is 1. The molecule has 0 atom stereocenters. The van der Waals surface area contributed by atoms with E-state index in [2.05, 4.69) is 10.1 Å². The number of hydrogen-bond acceptors (Lipinski definition) is 7. The molecule has 0 saturated heterocycles. The lowest BCUT2D eigenvalue weighted by molar-refractivity contribution is -0.384. The van der Waals surface area contributed by atoms with Gasteiger partial charge in [0.1, 0.15) is 12.2 Å². The Morgan fingerprint density at radius 2 is 1.71 bits per heavy atom. The van der Waals surface area contributed by atoms with Crippen molar-refractivity contribution >= 4 is 68.6 Å². The third kappa shape index (κ3) is 5.45. The van der Waals surface area contributed by atoms with Crippen LogP contribution in [0.25, 0.3) is 33.5 Å². The third-order valence-corrected chi connectivity index (χ3v) is 7.12. The number of para-hydroxylation sites is 1. The number of nitro groups is 1. The van der Waals surface area contributed by atoms with E-state index in [1.165, 1.54) is 18.3 Å². The van der Waals surface area contributed by atoms with Gasteiger partial charge in [-0.1, -0.05) is 46.9 Å². The Labute approximate surface area is 252 Å². The molecule has 12 heteroatoms. The summed E-state index contributed by atoms with van der Waals surface area (Å²) in [5.41, 5.74) is 1.84. The quantitative estimate of drug-likeness (QED) is 0.101.